The summed E-state index contributed by atoms with van der Waals surface area (Å²) in [5.41, 5.74) is 16.2. The van der Waals surface area contributed by atoms with Gasteiger partial charge < -0.3 is 26.2 Å². The highest BCUT2D eigenvalue weighted by Gasteiger charge is 2.26. The van der Waals surface area contributed by atoms with Gasteiger partial charge in [0.15, 0.2) is 0 Å². The Labute approximate surface area is 205 Å². The lowest BCUT2D eigenvalue weighted by molar-refractivity contribution is -0.118. The van der Waals surface area contributed by atoms with Crippen LogP contribution in [0.15, 0.2) is 36.7 Å². The number of nitrogens with zero attached hydrogens (tertiary/aromatic N) is 7. The second kappa shape index (κ2) is 9.53. The summed E-state index contributed by atoms with van der Waals surface area (Å²) in [7, 11) is 2.14. The summed E-state index contributed by atoms with van der Waals surface area (Å²) in [6.07, 6.45) is 5.00. The molecule has 0 saturated carbocycles. The molecule has 3 aromatic rings. The number of piperazine rings is 1. The predicted octanol–water partition coefficient (Wildman–Crippen LogP) is 1.50. The molecule has 184 valence electrons. The number of aryl methyl sites for hydroxylation is 1. The van der Waals surface area contributed by atoms with Crippen molar-refractivity contribution in [2.24, 2.45) is 5.73 Å². The maximum absolute atomic E-state index is 11.1. The average Bonchev–Trinajstić information content (AvgIpc) is 3.31. The van der Waals surface area contributed by atoms with E-state index in [-0.39, 0.29) is 12.3 Å². The van der Waals surface area contributed by atoms with E-state index in [9.17, 15) is 4.79 Å². The maximum Gasteiger partial charge on any atom is 0.223 e. The van der Waals surface area contributed by atoms with Crippen LogP contribution in [0.4, 0.5) is 17.6 Å². The number of nitrogens with two attached hydrogens (primary N) is 2. The van der Waals surface area contributed by atoms with Gasteiger partial charge in [-0.1, -0.05) is 12.1 Å². The molecule has 4 N–H and O–H groups in total. The van der Waals surface area contributed by atoms with Crippen molar-refractivity contribution in [2.45, 2.75) is 38.9 Å². The van der Waals surface area contributed by atoms with Crippen molar-refractivity contribution < 1.29 is 4.79 Å². The van der Waals surface area contributed by atoms with Crippen molar-refractivity contribution in [1.29, 1.82) is 0 Å². The van der Waals surface area contributed by atoms with Crippen LogP contribution in [0.2, 0.25) is 0 Å². The molecule has 1 fully saturated rings. The van der Waals surface area contributed by atoms with Crippen molar-refractivity contribution in [3.05, 3.63) is 47.8 Å². The van der Waals surface area contributed by atoms with Crippen LogP contribution in [0, 0.1) is 0 Å². The van der Waals surface area contributed by atoms with Gasteiger partial charge in [-0.2, -0.15) is 15.1 Å². The average molecular weight is 476 g/mol. The number of primary amides is 1. The molecule has 1 saturated heterocycles. The van der Waals surface area contributed by atoms with E-state index in [4.69, 9.17) is 11.5 Å². The smallest absolute Gasteiger partial charge is 0.223 e. The zero-order chi connectivity index (χ0) is 24.5. The van der Waals surface area contributed by atoms with Crippen molar-refractivity contribution >= 4 is 23.5 Å². The van der Waals surface area contributed by atoms with Gasteiger partial charge in [-0.3, -0.25) is 9.48 Å². The molecule has 2 aromatic heterocycles. The van der Waals surface area contributed by atoms with Crippen LogP contribution in [0.1, 0.15) is 24.5 Å². The fourth-order valence-electron chi connectivity index (χ4n) is 4.87. The van der Waals surface area contributed by atoms with Crippen LogP contribution in [0.3, 0.4) is 0 Å². The molecule has 4 heterocycles. The standard InChI is InChI=1S/C25H33N9O/c1-17-11-18-3-4-19(21-14-28-33(15-21)6-5-22(26)35)12-20(18)16-34(17)24-13-23(29-25(27)30-24)32-9-7-31(2)8-10-32/h3-4,12-15,17H,5-11,16H2,1-2H3,(H2,26,35)(H2,27,29,30). The number of carbonyl (C=O) groups is 1. The molecule has 5 rings (SSSR count). The Morgan fingerprint density at radius 1 is 1.06 bits per heavy atom. The third-order valence-electron chi connectivity index (χ3n) is 6.99. The molecule has 0 bridgehead atoms. The first-order valence-corrected chi connectivity index (χ1v) is 12.1. The van der Waals surface area contributed by atoms with E-state index in [2.05, 4.69) is 68.0 Å². The third-order valence-corrected chi connectivity index (χ3v) is 6.99. The predicted molar refractivity (Wildman–Crippen MR) is 137 cm³/mol. The maximum atomic E-state index is 11.1. The van der Waals surface area contributed by atoms with Crippen LogP contribution < -0.4 is 21.3 Å². The second-order valence-corrected chi connectivity index (χ2v) is 9.61. The number of carbonyl (C=O) groups excluding carboxylic acids is 1. The number of aromatic nitrogens is 4. The summed E-state index contributed by atoms with van der Waals surface area (Å²) in [4.78, 5) is 27.2. The molecule has 35 heavy (non-hydrogen) atoms. The molecule has 0 radical (unpaired) electrons. The normalized spacial score (nSPS) is 18.5. The summed E-state index contributed by atoms with van der Waals surface area (Å²) in [5.74, 6) is 1.75. The van der Waals surface area contributed by atoms with Gasteiger partial charge in [0.05, 0.1) is 6.20 Å². The van der Waals surface area contributed by atoms with E-state index in [0.717, 1.165) is 61.9 Å². The molecule has 1 atom stereocenters. The molecule has 2 aliphatic heterocycles. The fourth-order valence-corrected chi connectivity index (χ4v) is 4.87. The minimum atomic E-state index is -0.328. The molecule has 1 unspecified atom stereocenters. The van der Waals surface area contributed by atoms with Crippen molar-refractivity contribution in [1.82, 2.24) is 24.6 Å². The molecule has 10 heteroatoms. The minimum Gasteiger partial charge on any atom is -0.370 e. The number of amides is 1. The summed E-state index contributed by atoms with van der Waals surface area (Å²) in [5, 5.41) is 4.38. The third kappa shape index (κ3) is 5.07. The first-order valence-electron chi connectivity index (χ1n) is 12.1. The first kappa shape index (κ1) is 23.1. The minimum absolute atomic E-state index is 0.274. The molecule has 0 spiro atoms. The number of fused-ring (bicyclic) bond motifs is 1. The molecular formula is C25H33N9O. The zero-order valence-corrected chi connectivity index (χ0v) is 20.4. The molecule has 1 aromatic carbocycles. The zero-order valence-electron chi connectivity index (χ0n) is 20.4. The summed E-state index contributed by atoms with van der Waals surface area (Å²) >= 11 is 0. The van der Waals surface area contributed by atoms with Crippen molar-refractivity contribution in [3.63, 3.8) is 0 Å². The van der Waals surface area contributed by atoms with E-state index < -0.39 is 0 Å². The quantitative estimate of drug-likeness (QED) is 0.550. The topological polar surface area (TPSA) is 122 Å². The van der Waals surface area contributed by atoms with E-state index in [1.807, 2.05) is 12.4 Å². The Bertz CT molecular complexity index is 1220. The fraction of sp³-hybridized carbons (Fsp3) is 0.440. The number of hydrogen-bond acceptors (Lipinski definition) is 8. The van der Waals surface area contributed by atoms with Gasteiger partial charge in [0, 0.05) is 69.6 Å². The van der Waals surface area contributed by atoms with E-state index in [1.54, 1.807) is 4.68 Å². The van der Waals surface area contributed by atoms with Crippen LogP contribution in [-0.2, 0) is 24.3 Å². The number of hydrogen-bond donors (Lipinski definition) is 2. The molecule has 10 nitrogen and oxygen atoms in total. The van der Waals surface area contributed by atoms with Gasteiger partial charge >= 0.3 is 0 Å². The van der Waals surface area contributed by atoms with Crippen LogP contribution >= 0.6 is 0 Å². The highest BCUT2D eigenvalue weighted by molar-refractivity contribution is 5.73. The summed E-state index contributed by atoms with van der Waals surface area (Å²) in [6.45, 7) is 7.34. The lowest BCUT2D eigenvalue weighted by atomic mass is 9.92. The molecular weight excluding hydrogens is 442 g/mol. The SMILES string of the molecule is CC1Cc2ccc(-c3cnn(CCC(N)=O)c3)cc2CN1c1cc(N2CCN(C)CC2)nc(N)n1. The molecule has 1 amide bonds. The number of rotatable bonds is 6. The van der Waals surface area contributed by atoms with Crippen LogP contribution in [0.25, 0.3) is 11.1 Å². The monoisotopic (exact) mass is 475 g/mol. The Morgan fingerprint density at radius 2 is 1.83 bits per heavy atom. The van der Waals surface area contributed by atoms with Gasteiger partial charge in [0.1, 0.15) is 11.6 Å². The number of benzene rings is 1. The van der Waals surface area contributed by atoms with Gasteiger partial charge in [-0.05, 0) is 43.1 Å². The largest absolute Gasteiger partial charge is 0.370 e. The van der Waals surface area contributed by atoms with Gasteiger partial charge in [-0.25, -0.2) is 0 Å². The number of likely N-dealkylation sites (N-methyl/N-ethyl adjacent to an activating group) is 1. The van der Waals surface area contributed by atoms with Crippen LogP contribution in [0.5, 0.6) is 0 Å². The lowest BCUT2D eigenvalue weighted by Crippen LogP contribution is -2.45. The Balaban J connectivity index is 1.38. The summed E-state index contributed by atoms with van der Waals surface area (Å²) in [6, 6.07) is 8.96. The molecule has 0 aliphatic carbocycles. The van der Waals surface area contributed by atoms with E-state index in [1.165, 1.54) is 11.1 Å². The van der Waals surface area contributed by atoms with Crippen molar-refractivity contribution in [3.8, 4) is 11.1 Å². The summed E-state index contributed by atoms with van der Waals surface area (Å²) < 4.78 is 1.76. The Hall–Kier alpha value is -3.66. The lowest BCUT2D eigenvalue weighted by Gasteiger charge is -2.37. The molecule has 2 aliphatic rings. The van der Waals surface area contributed by atoms with E-state index in [0.29, 0.717) is 18.5 Å². The van der Waals surface area contributed by atoms with Gasteiger partial charge in [0.2, 0.25) is 11.9 Å². The first-order chi connectivity index (χ1) is 16.9. The number of nitrogen functional groups attached to an aromatic ring is 1. The Kier molecular flexibility index (Phi) is 6.29. The van der Waals surface area contributed by atoms with Gasteiger partial charge in [0.25, 0.3) is 0 Å². The highest BCUT2D eigenvalue weighted by atomic mass is 16.1. The second-order valence-electron chi connectivity index (χ2n) is 9.61. The van der Waals surface area contributed by atoms with Crippen LogP contribution in [-0.4, -0.2) is 69.8 Å². The highest BCUT2D eigenvalue weighted by Crippen LogP contribution is 2.32. The van der Waals surface area contributed by atoms with Gasteiger partial charge in [-0.15, -0.1) is 0 Å². The Morgan fingerprint density at radius 3 is 2.60 bits per heavy atom. The number of anilines is 3. The van der Waals surface area contributed by atoms with Crippen molar-refractivity contribution in [2.75, 3.05) is 48.8 Å². The van der Waals surface area contributed by atoms with E-state index >= 15 is 0 Å².